The van der Waals surface area contributed by atoms with Gasteiger partial charge in [-0.2, -0.15) is 0 Å². The van der Waals surface area contributed by atoms with Gasteiger partial charge in [0, 0.05) is 66.8 Å². The molecule has 28 nitrogen and oxygen atoms in total. The number of carbonyl (C=O) groups excluding carboxylic acids is 12. The summed E-state index contributed by atoms with van der Waals surface area (Å²) >= 11 is 2.47. The third-order valence-electron chi connectivity index (χ3n) is 18.1. The van der Waals surface area contributed by atoms with E-state index in [-0.39, 0.29) is 63.1 Å². The van der Waals surface area contributed by atoms with E-state index in [1.165, 1.54) is 39.5 Å². The second kappa shape index (κ2) is 41.9. The number of nitrogens with two attached hydrogens (primary N) is 1. The fourth-order valence-electron chi connectivity index (χ4n) is 12.7. The molecule has 11 amide bonds. The molecule has 13 N–H and O–H groups in total. The van der Waals surface area contributed by atoms with Crippen molar-refractivity contribution in [3.05, 3.63) is 173 Å². The van der Waals surface area contributed by atoms with Gasteiger partial charge in [0.15, 0.2) is 0 Å². The third kappa shape index (κ3) is 28.3. The van der Waals surface area contributed by atoms with Gasteiger partial charge in [0.1, 0.15) is 60.3 Å². The number of amides is 11. The van der Waals surface area contributed by atoms with E-state index < -0.39 is 140 Å². The first-order valence-corrected chi connectivity index (χ1v) is 39.3. The molecule has 0 spiro atoms. The van der Waals surface area contributed by atoms with Crippen molar-refractivity contribution in [2.24, 2.45) is 5.73 Å². The van der Waals surface area contributed by atoms with Crippen LogP contribution < -0.4 is 63.6 Å². The van der Waals surface area contributed by atoms with E-state index in [1.807, 2.05) is 116 Å². The Morgan fingerprint density at radius 3 is 1.58 bits per heavy atom. The molecule has 1 aromatic heterocycles. The summed E-state index contributed by atoms with van der Waals surface area (Å²) in [5, 5.41) is 28.3. The number of methoxy groups -OCH3 is 1. The van der Waals surface area contributed by atoms with Crippen LogP contribution in [0.4, 0.5) is 4.79 Å². The monoisotopic (exact) mass is 1600 g/mol. The maximum absolute atomic E-state index is 15.6. The number of primary amides is 1. The SMILES string of the molecule is COC(=O)[C@H](Cc1ccc(OCCNC(=O)OC(C)(C)C)cc1)NC(=O)[C@@H](NC(=O)[C@H](CCCCNC(C)=O)NC(=O)[C@H](Cc1c[nH]c2c(C)cccc12)NC(=O)[C@@H](NC(=O)[C@H](CC(N)=O)NC(=O)[C@@H](NC(C)=O)C(C)(C)SC(c1ccccc1)(c1ccccc1)c1ccccc1)C(C)OC(C)(C)C)C(C)(C)SCNC(C)=O. The van der Waals surface area contributed by atoms with Crippen LogP contribution in [-0.4, -0.2) is 178 Å². The van der Waals surface area contributed by atoms with E-state index in [1.54, 1.807) is 99.7 Å². The Kier molecular flexibility index (Phi) is 33.9. The molecular formula is C83H112N12O16S2. The van der Waals surface area contributed by atoms with Crippen molar-refractivity contribution in [3.63, 3.8) is 0 Å². The third-order valence-corrected chi connectivity index (χ3v) is 21.1. The average Bonchev–Trinajstić information content (AvgIpc) is 1.08. The average molecular weight is 1600 g/mol. The van der Waals surface area contributed by atoms with Gasteiger partial charge in [0.2, 0.25) is 59.1 Å². The molecule has 612 valence electrons. The quantitative estimate of drug-likeness (QED) is 0.00778. The smallest absolute Gasteiger partial charge is 0.407 e. The van der Waals surface area contributed by atoms with E-state index in [4.69, 9.17) is 24.7 Å². The van der Waals surface area contributed by atoms with Crippen LogP contribution in [0.15, 0.2) is 140 Å². The minimum atomic E-state index is -1.80. The Hall–Kier alpha value is -10.5. The fourth-order valence-corrected chi connectivity index (χ4v) is 15.6. The summed E-state index contributed by atoms with van der Waals surface area (Å²) in [5.41, 5.74) is 9.40. The normalized spacial score (nSPS) is 13.9. The van der Waals surface area contributed by atoms with Gasteiger partial charge >= 0.3 is 12.1 Å². The summed E-state index contributed by atoms with van der Waals surface area (Å²) in [6.07, 6.45) is -0.938. The Balaban J connectivity index is 1.36. The molecule has 0 saturated heterocycles. The number of aromatic amines is 1. The van der Waals surface area contributed by atoms with Crippen LogP contribution in [0.2, 0.25) is 0 Å². The van der Waals surface area contributed by atoms with Crippen molar-refractivity contribution in [2.75, 3.05) is 32.7 Å². The van der Waals surface area contributed by atoms with E-state index in [9.17, 15) is 28.8 Å². The number of carbonyl (C=O) groups is 12. The minimum Gasteiger partial charge on any atom is -0.492 e. The number of unbranched alkanes of at least 4 members (excludes halogenated alkanes) is 1. The lowest BCUT2D eigenvalue weighted by Crippen LogP contribution is -2.64. The zero-order valence-corrected chi connectivity index (χ0v) is 69.0. The molecule has 0 bridgehead atoms. The fraction of sp³-hybridized carbons (Fsp3) is 0.470. The molecule has 1 unspecified atom stereocenters. The summed E-state index contributed by atoms with van der Waals surface area (Å²) < 4.78 is 19.0. The first kappa shape index (κ1) is 91.4. The summed E-state index contributed by atoms with van der Waals surface area (Å²) in [6.45, 7) is 24.9. The highest BCUT2D eigenvalue weighted by Crippen LogP contribution is 2.54. The predicted octanol–water partition coefficient (Wildman–Crippen LogP) is 7.25. The molecule has 0 aliphatic heterocycles. The van der Waals surface area contributed by atoms with Gasteiger partial charge < -0.3 is 82.8 Å². The van der Waals surface area contributed by atoms with Crippen molar-refractivity contribution in [1.29, 1.82) is 0 Å². The van der Waals surface area contributed by atoms with Crippen LogP contribution in [0.3, 0.4) is 0 Å². The summed E-state index contributed by atoms with van der Waals surface area (Å²) in [5.74, 6) is -8.39. The maximum atomic E-state index is 15.6. The van der Waals surface area contributed by atoms with E-state index in [0.717, 1.165) is 46.6 Å². The van der Waals surface area contributed by atoms with Crippen molar-refractivity contribution in [2.45, 2.75) is 216 Å². The molecule has 6 rings (SSSR count). The Morgan fingerprint density at radius 1 is 0.513 bits per heavy atom. The number of ether oxygens (including phenoxy) is 4. The zero-order chi connectivity index (χ0) is 83.6. The Bertz CT molecular complexity index is 4150. The van der Waals surface area contributed by atoms with E-state index >= 15 is 28.8 Å². The number of hydrogen-bond donors (Lipinski definition) is 12. The standard InChI is InChI=1S/C83H112N12O16S2/c1-50-29-28-36-61-56(48-87-67(50)61)46-63(72(101)90-62(37-26-27-42-85-52(3)96)71(100)95-69(81(12,13)112-49-88-53(4)97)75(104)93-65(77(106)108-16)45-55-38-40-60(41-39-55)109-44-43-86-78(107)111-80(9,10)11)91-74(103)68(51(2)110-79(6,7)8)94-73(102)64(47-66(84)99)92-76(105)70(89-54(5)98)82(14,15)113-83(57-30-20-17-21-31-57,58-32-22-18-23-33-58)59-34-24-19-25-35-59/h17-25,28-36,38-41,48,51,62-65,68-70,87H,26-27,37,42-47,49H2,1-16H3,(H2,84,99)(H,85,96)(H,86,107)(H,88,97)(H,89,98)(H,90,101)(H,91,103)(H,92,105)(H,93,104)(H,94,102)(H,95,100)/t51?,62-,63-,64-,65-,68-,69+,70+/m0/s1. The number of aromatic nitrogens is 1. The van der Waals surface area contributed by atoms with Crippen molar-refractivity contribution in [3.8, 4) is 5.75 Å². The van der Waals surface area contributed by atoms with Crippen LogP contribution in [0.1, 0.15) is 156 Å². The number of para-hydroxylation sites is 1. The van der Waals surface area contributed by atoms with Gasteiger partial charge in [-0.1, -0.05) is 121 Å². The van der Waals surface area contributed by atoms with Gasteiger partial charge in [-0.05, 0) is 148 Å². The van der Waals surface area contributed by atoms with Gasteiger partial charge in [0.05, 0.1) is 42.4 Å². The van der Waals surface area contributed by atoms with Crippen LogP contribution in [0.5, 0.6) is 5.75 Å². The minimum absolute atomic E-state index is 0.0366. The number of aryl methyl sites for hydroxylation is 1. The predicted molar refractivity (Wildman–Crippen MR) is 436 cm³/mol. The van der Waals surface area contributed by atoms with Crippen molar-refractivity contribution < 1.29 is 76.5 Å². The Morgan fingerprint density at radius 2 is 1.04 bits per heavy atom. The lowest BCUT2D eigenvalue weighted by molar-refractivity contribution is -0.145. The highest BCUT2D eigenvalue weighted by atomic mass is 32.2. The molecule has 6 aromatic rings. The molecule has 0 aliphatic rings. The van der Waals surface area contributed by atoms with Crippen molar-refractivity contribution >= 4 is 106 Å². The lowest BCUT2D eigenvalue weighted by atomic mass is 9.84. The first-order chi connectivity index (χ1) is 53.1. The zero-order valence-electron chi connectivity index (χ0n) is 67.4. The lowest BCUT2D eigenvalue weighted by Gasteiger charge is -2.44. The van der Waals surface area contributed by atoms with Gasteiger partial charge in [-0.25, -0.2) is 9.59 Å². The molecule has 0 radical (unpaired) electrons. The number of hydrogen-bond acceptors (Lipinski definition) is 18. The maximum Gasteiger partial charge on any atom is 0.407 e. The molecule has 0 aliphatic carbocycles. The largest absolute Gasteiger partial charge is 0.492 e. The summed E-state index contributed by atoms with van der Waals surface area (Å²) in [6, 6.07) is 30.2. The number of benzene rings is 5. The van der Waals surface area contributed by atoms with E-state index in [2.05, 4.69) is 58.2 Å². The van der Waals surface area contributed by atoms with Gasteiger partial charge in [-0.15, -0.1) is 23.5 Å². The van der Waals surface area contributed by atoms with E-state index in [0.29, 0.717) is 28.7 Å². The number of alkyl carbamates (subject to hydrolysis) is 1. The molecule has 0 fully saturated rings. The number of thioether (sulfide) groups is 2. The van der Waals surface area contributed by atoms with Crippen molar-refractivity contribution in [1.82, 2.24) is 58.2 Å². The van der Waals surface area contributed by atoms with Crippen LogP contribution in [0, 0.1) is 6.92 Å². The molecule has 8 atom stereocenters. The van der Waals surface area contributed by atoms with Gasteiger partial charge in [0.25, 0.3) is 0 Å². The van der Waals surface area contributed by atoms with Crippen LogP contribution >= 0.6 is 23.5 Å². The molecule has 0 saturated carbocycles. The topological polar surface area (TPSA) is 404 Å². The summed E-state index contributed by atoms with van der Waals surface area (Å²) in [7, 11) is 1.15. The number of fused-ring (bicyclic) bond motifs is 1. The molecule has 1 heterocycles. The number of H-pyrrole nitrogens is 1. The van der Waals surface area contributed by atoms with Gasteiger partial charge in [-0.3, -0.25) is 47.9 Å². The highest BCUT2D eigenvalue weighted by Gasteiger charge is 2.49. The molecule has 30 heteroatoms. The second-order valence-electron chi connectivity index (χ2n) is 30.7. The number of nitrogens with one attached hydrogen (secondary N) is 11. The van der Waals surface area contributed by atoms with Crippen LogP contribution in [0.25, 0.3) is 10.9 Å². The molecule has 5 aromatic carbocycles. The highest BCUT2D eigenvalue weighted by molar-refractivity contribution is 8.02. The molecular weight excluding hydrogens is 1490 g/mol. The number of esters is 1. The number of rotatable bonds is 41. The Labute approximate surface area is 670 Å². The first-order valence-electron chi connectivity index (χ1n) is 37.5. The van der Waals surface area contributed by atoms with Crippen LogP contribution in [-0.2, 0) is 84.5 Å². The second-order valence-corrected chi connectivity index (χ2v) is 34.2. The molecule has 113 heavy (non-hydrogen) atoms. The summed E-state index contributed by atoms with van der Waals surface area (Å²) in [4.78, 5) is 172.